The Morgan fingerprint density at radius 3 is 2.31 bits per heavy atom. The van der Waals surface area contributed by atoms with E-state index < -0.39 is 16.5 Å². The molecule has 0 unspecified atom stereocenters. The molecule has 0 aliphatic carbocycles. The molecule has 156 valence electrons. The van der Waals surface area contributed by atoms with Crippen LogP contribution in [0.4, 0.5) is 16.2 Å². The molecule has 2 fully saturated rings. The average Bonchev–Trinajstić information content (AvgIpc) is 2.98. The van der Waals surface area contributed by atoms with Crippen LogP contribution in [-0.4, -0.2) is 70.8 Å². The second-order valence-corrected chi connectivity index (χ2v) is 7.22. The Balaban J connectivity index is 1.62. The van der Waals surface area contributed by atoms with Crippen LogP contribution in [-0.2, 0) is 9.59 Å². The molecular formula is C19H25N5O5. The first-order valence-corrected chi connectivity index (χ1v) is 9.73. The van der Waals surface area contributed by atoms with E-state index in [1.807, 2.05) is 18.7 Å². The van der Waals surface area contributed by atoms with E-state index in [1.165, 1.54) is 6.07 Å². The van der Waals surface area contributed by atoms with Gasteiger partial charge >= 0.3 is 6.03 Å². The summed E-state index contributed by atoms with van der Waals surface area (Å²) < 4.78 is 0. The molecular weight excluding hydrogens is 378 g/mol. The second kappa shape index (κ2) is 8.06. The molecule has 3 rings (SSSR count). The third kappa shape index (κ3) is 3.74. The minimum atomic E-state index is -0.928. The van der Waals surface area contributed by atoms with Gasteiger partial charge in [0.05, 0.1) is 4.92 Å². The maximum atomic E-state index is 12.7. The van der Waals surface area contributed by atoms with Crippen LogP contribution in [0, 0.1) is 10.1 Å². The van der Waals surface area contributed by atoms with Crippen molar-refractivity contribution in [2.75, 3.05) is 37.6 Å². The SMILES string of the molecule is CCC1(CC)NC(=O)N(CC(=O)N2CCN(c3ccccc3[N+](=O)[O-])CC2)C1=O. The molecule has 29 heavy (non-hydrogen) atoms. The summed E-state index contributed by atoms with van der Waals surface area (Å²) in [6.07, 6.45) is 0.931. The van der Waals surface area contributed by atoms with Crippen LogP contribution in [0.25, 0.3) is 0 Å². The fourth-order valence-corrected chi connectivity index (χ4v) is 3.87. The first-order chi connectivity index (χ1) is 13.8. The average molecular weight is 403 g/mol. The Labute approximate surface area is 168 Å². The van der Waals surface area contributed by atoms with Gasteiger partial charge in [-0.1, -0.05) is 26.0 Å². The maximum absolute atomic E-state index is 12.7. The molecule has 2 saturated heterocycles. The number of anilines is 1. The fraction of sp³-hybridized carbons (Fsp3) is 0.526. The summed E-state index contributed by atoms with van der Waals surface area (Å²) in [6.45, 7) is 4.96. The maximum Gasteiger partial charge on any atom is 0.325 e. The van der Waals surface area contributed by atoms with Crippen LogP contribution in [0.1, 0.15) is 26.7 Å². The third-order valence-electron chi connectivity index (χ3n) is 5.80. The number of nitrogens with one attached hydrogen (secondary N) is 1. The lowest BCUT2D eigenvalue weighted by Gasteiger charge is -2.36. The van der Waals surface area contributed by atoms with Crippen molar-refractivity contribution in [3.8, 4) is 0 Å². The minimum absolute atomic E-state index is 0.0297. The number of urea groups is 1. The van der Waals surface area contributed by atoms with E-state index in [2.05, 4.69) is 5.32 Å². The van der Waals surface area contributed by atoms with Gasteiger partial charge in [0, 0.05) is 32.2 Å². The number of nitro benzene ring substituents is 1. The molecule has 10 heteroatoms. The van der Waals surface area contributed by atoms with Gasteiger partial charge in [0.1, 0.15) is 17.8 Å². The van der Waals surface area contributed by atoms with Crippen LogP contribution in [0.3, 0.4) is 0 Å². The highest BCUT2D eigenvalue weighted by molar-refractivity contribution is 6.09. The van der Waals surface area contributed by atoms with Gasteiger partial charge in [0.25, 0.3) is 11.6 Å². The predicted octanol–water partition coefficient (Wildman–Crippen LogP) is 1.35. The zero-order valence-electron chi connectivity index (χ0n) is 16.6. The number of hydrogen-bond donors (Lipinski definition) is 1. The van der Waals surface area contributed by atoms with Gasteiger partial charge < -0.3 is 15.1 Å². The summed E-state index contributed by atoms with van der Waals surface area (Å²) in [7, 11) is 0. The minimum Gasteiger partial charge on any atom is -0.362 e. The van der Waals surface area contributed by atoms with Crippen LogP contribution < -0.4 is 10.2 Å². The summed E-state index contributed by atoms with van der Waals surface area (Å²) in [4.78, 5) is 52.8. The first kappa shape index (κ1) is 20.6. The van der Waals surface area contributed by atoms with E-state index in [4.69, 9.17) is 0 Å². The molecule has 1 aromatic rings. The zero-order valence-corrected chi connectivity index (χ0v) is 16.6. The van der Waals surface area contributed by atoms with E-state index >= 15 is 0 Å². The van der Waals surface area contributed by atoms with Crippen LogP contribution in [0.15, 0.2) is 24.3 Å². The van der Waals surface area contributed by atoms with Crippen molar-refractivity contribution in [1.82, 2.24) is 15.1 Å². The van der Waals surface area contributed by atoms with Gasteiger partial charge in [0.2, 0.25) is 5.91 Å². The zero-order chi connectivity index (χ0) is 21.2. The molecule has 0 saturated carbocycles. The second-order valence-electron chi connectivity index (χ2n) is 7.22. The van der Waals surface area contributed by atoms with Gasteiger partial charge in [0.15, 0.2) is 0 Å². The van der Waals surface area contributed by atoms with E-state index in [9.17, 15) is 24.5 Å². The van der Waals surface area contributed by atoms with Crippen molar-refractivity contribution in [3.05, 3.63) is 34.4 Å². The summed E-state index contributed by atoms with van der Waals surface area (Å²) >= 11 is 0. The fourth-order valence-electron chi connectivity index (χ4n) is 3.87. The normalized spacial score (nSPS) is 18.8. The molecule has 1 aromatic carbocycles. The molecule has 2 heterocycles. The molecule has 0 atom stereocenters. The number of imide groups is 1. The van der Waals surface area contributed by atoms with Crippen molar-refractivity contribution in [1.29, 1.82) is 0 Å². The highest BCUT2D eigenvalue weighted by Gasteiger charge is 2.49. The van der Waals surface area contributed by atoms with E-state index in [0.29, 0.717) is 44.7 Å². The first-order valence-electron chi connectivity index (χ1n) is 9.73. The van der Waals surface area contributed by atoms with E-state index in [1.54, 1.807) is 23.1 Å². The lowest BCUT2D eigenvalue weighted by Crippen LogP contribution is -2.52. The van der Waals surface area contributed by atoms with Crippen molar-refractivity contribution >= 4 is 29.2 Å². The number of para-hydroxylation sites is 2. The Morgan fingerprint density at radius 1 is 1.14 bits per heavy atom. The lowest BCUT2D eigenvalue weighted by molar-refractivity contribution is -0.384. The van der Waals surface area contributed by atoms with Crippen LogP contribution in [0.5, 0.6) is 0 Å². The molecule has 0 spiro atoms. The quantitative estimate of drug-likeness (QED) is 0.435. The van der Waals surface area contributed by atoms with Gasteiger partial charge in [-0.05, 0) is 18.9 Å². The lowest BCUT2D eigenvalue weighted by atomic mass is 9.93. The van der Waals surface area contributed by atoms with Crippen molar-refractivity contribution < 1.29 is 19.3 Å². The van der Waals surface area contributed by atoms with Crippen molar-refractivity contribution in [3.63, 3.8) is 0 Å². The molecule has 0 aromatic heterocycles. The summed E-state index contributed by atoms with van der Waals surface area (Å²) in [6, 6.07) is 5.97. The van der Waals surface area contributed by atoms with Crippen molar-refractivity contribution in [2.24, 2.45) is 0 Å². The molecule has 2 aliphatic rings. The number of benzene rings is 1. The van der Waals surface area contributed by atoms with Gasteiger partial charge in [-0.25, -0.2) is 4.79 Å². The highest BCUT2D eigenvalue weighted by atomic mass is 16.6. The van der Waals surface area contributed by atoms with Crippen LogP contribution in [0.2, 0.25) is 0 Å². The number of nitro groups is 1. The molecule has 4 amide bonds. The largest absolute Gasteiger partial charge is 0.362 e. The Morgan fingerprint density at radius 2 is 1.76 bits per heavy atom. The summed E-state index contributed by atoms with van der Waals surface area (Å²) in [5, 5.41) is 13.9. The van der Waals surface area contributed by atoms with Gasteiger partial charge in [-0.2, -0.15) is 0 Å². The number of nitrogens with zero attached hydrogens (tertiary/aromatic N) is 4. The van der Waals surface area contributed by atoms with Crippen LogP contribution >= 0.6 is 0 Å². The van der Waals surface area contributed by atoms with Gasteiger partial charge in [-0.15, -0.1) is 0 Å². The number of amides is 4. The number of carbonyl (C=O) groups excluding carboxylic acids is 3. The Kier molecular flexibility index (Phi) is 5.71. The Hall–Kier alpha value is -3.17. The smallest absolute Gasteiger partial charge is 0.325 e. The number of piperazine rings is 1. The molecule has 1 N–H and O–H groups in total. The number of rotatable bonds is 6. The van der Waals surface area contributed by atoms with E-state index in [0.717, 1.165) is 4.90 Å². The Bertz CT molecular complexity index is 830. The van der Waals surface area contributed by atoms with Gasteiger partial charge in [-0.3, -0.25) is 24.6 Å². The molecule has 10 nitrogen and oxygen atoms in total. The predicted molar refractivity (Wildman–Crippen MR) is 105 cm³/mol. The topological polar surface area (TPSA) is 116 Å². The molecule has 2 aliphatic heterocycles. The summed E-state index contributed by atoms with van der Waals surface area (Å²) in [5.74, 6) is -0.668. The third-order valence-corrected chi connectivity index (χ3v) is 5.80. The number of hydrogen-bond acceptors (Lipinski definition) is 6. The number of carbonyl (C=O) groups is 3. The van der Waals surface area contributed by atoms with Crippen molar-refractivity contribution in [2.45, 2.75) is 32.2 Å². The highest BCUT2D eigenvalue weighted by Crippen LogP contribution is 2.28. The monoisotopic (exact) mass is 403 g/mol. The standard InChI is InChI=1S/C19H25N5O5/c1-3-19(4-2)17(26)23(18(27)20-19)13-16(25)22-11-9-21(10-12-22)14-7-5-6-8-15(14)24(28)29/h5-8H,3-4,9-13H2,1-2H3,(H,20,27). The van der Waals surface area contributed by atoms with E-state index in [-0.39, 0.29) is 24.0 Å². The summed E-state index contributed by atoms with van der Waals surface area (Å²) in [5.41, 5.74) is -0.376. The molecule has 0 radical (unpaired) electrons. The molecule has 0 bridgehead atoms.